The Labute approximate surface area is 202 Å². The van der Waals surface area contributed by atoms with Crippen LogP contribution in [0.1, 0.15) is 78.1 Å². The minimum Gasteiger partial charge on any atom is -0.462 e. The zero-order valence-electron chi connectivity index (χ0n) is 20.4. The molecule has 0 heterocycles. The van der Waals surface area contributed by atoms with Crippen LogP contribution < -0.4 is 0 Å². The van der Waals surface area contributed by atoms with Gasteiger partial charge in [-0.2, -0.15) is 0 Å². The first kappa shape index (κ1) is 30.2. The summed E-state index contributed by atoms with van der Waals surface area (Å²) in [6.07, 6.45) is 5.62. The second kappa shape index (κ2) is 16.8. The minimum absolute atomic E-state index is 0.0522. The first-order valence-electron chi connectivity index (χ1n) is 12.4. The van der Waals surface area contributed by atoms with Gasteiger partial charge in [-0.15, -0.1) is 0 Å². The van der Waals surface area contributed by atoms with E-state index in [1.54, 1.807) is 12.2 Å². The normalized spacial score (nSPS) is 24.2. The van der Waals surface area contributed by atoms with Gasteiger partial charge < -0.3 is 29.9 Å². The molecule has 0 aliphatic heterocycles. The van der Waals surface area contributed by atoms with Gasteiger partial charge in [-0.05, 0) is 19.3 Å². The van der Waals surface area contributed by atoms with Crippen LogP contribution >= 0.6 is 0 Å². The van der Waals surface area contributed by atoms with Gasteiger partial charge in [0.15, 0.2) is 6.10 Å². The van der Waals surface area contributed by atoms with Gasteiger partial charge in [0.2, 0.25) is 0 Å². The average molecular weight is 487 g/mol. The Morgan fingerprint density at radius 3 is 2.41 bits per heavy atom. The van der Waals surface area contributed by atoms with Gasteiger partial charge in [-0.3, -0.25) is 14.4 Å². The van der Waals surface area contributed by atoms with E-state index in [0.717, 1.165) is 19.3 Å². The van der Waals surface area contributed by atoms with E-state index in [4.69, 9.17) is 14.6 Å². The standard InChI is InChI=1S/C25H42O9/c1-3-4-5-8-18(28)11-12-21-22(24(31)14-23(21)30)13-19(29)9-6-7-10-25(32)33-16-20(15-26)34-17(2)27/h11-12,18,20-24,26,28,30-31H,3-10,13-16H2,1-2H3/b12-11+/t18-,20-,21+,22+,23+,24-/m0/s1. The summed E-state index contributed by atoms with van der Waals surface area (Å²) in [5.41, 5.74) is 0. The number of ketones is 1. The monoisotopic (exact) mass is 486 g/mol. The van der Waals surface area contributed by atoms with Gasteiger partial charge in [0.1, 0.15) is 12.4 Å². The maximum absolute atomic E-state index is 12.5. The summed E-state index contributed by atoms with van der Waals surface area (Å²) in [6, 6.07) is 0. The molecule has 1 saturated carbocycles. The second-order valence-electron chi connectivity index (χ2n) is 9.11. The molecular weight excluding hydrogens is 444 g/mol. The number of carbonyl (C=O) groups excluding carboxylic acids is 3. The molecule has 1 aliphatic carbocycles. The number of ether oxygens (including phenoxy) is 2. The quantitative estimate of drug-likeness (QED) is 0.137. The molecule has 1 rings (SSSR count). The van der Waals surface area contributed by atoms with Crippen molar-refractivity contribution in [1.29, 1.82) is 0 Å². The highest BCUT2D eigenvalue weighted by Gasteiger charge is 2.41. The second-order valence-corrected chi connectivity index (χ2v) is 9.11. The molecule has 1 aliphatic rings. The van der Waals surface area contributed by atoms with E-state index in [0.29, 0.717) is 19.3 Å². The van der Waals surface area contributed by atoms with Gasteiger partial charge in [0, 0.05) is 44.4 Å². The van der Waals surface area contributed by atoms with E-state index in [1.165, 1.54) is 6.92 Å². The van der Waals surface area contributed by atoms with E-state index >= 15 is 0 Å². The van der Waals surface area contributed by atoms with Crippen molar-refractivity contribution in [2.45, 2.75) is 102 Å². The van der Waals surface area contributed by atoms with Crippen molar-refractivity contribution in [3.8, 4) is 0 Å². The minimum atomic E-state index is -0.893. The zero-order chi connectivity index (χ0) is 25.5. The highest BCUT2D eigenvalue weighted by atomic mass is 16.6. The van der Waals surface area contributed by atoms with Crippen molar-refractivity contribution >= 4 is 17.7 Å². The summed E-state index contributed by atoms with van der Waals surface area (Å²) in [4.78, 5) is 35.1. The fourth-order valence-corrected chi connectivity index (χ4v) is 4.19. The molecule has 196 valence electrons. The molecule has 0 bridgehead atoms. The van der Waals surface area contributed by atoms with Gasteiger partial charge in [0.05, 0.1) is 24.9 Å². The van der Waals surface area contributed by atoms with E-state index in [-0.39, 0.29) is 44.0 Å². The summed E-state index contributed by atoms with van der Waals surface area (Å²) in [7, 11) is 0. The highest BCUT2D eigenvalue weighted by molar-refractivity contribution is 5.79. The Morgan fingerprint density at radius 2 is 1.76 bits per heavy atom. The fraction of sp³-hybridized carbons (Fsp3) is 0.800. The smallest absolute Gasteiger partial charge is 0.305 e. The van der Waals surface area contributed by atoms with Crippen molar-refractivity contribution in [2.75, 3.05) is 13.2 Å². The fourth-order valence-electron chi connectivity index (χ4n) is 4.19. The Bertz CT molecular complexity index is 648. The largest absolute Gasteiger partial charge is 0.462 e. The van der Waals surface area contributed by atoms with Crippen LogP contribution in [0.4, 0.5) is 0 Å². The summed E-state index contributed by atoms with van der Waals surface area (Å²) in [5, 5.41) is 39.8. The van der Waals surface area contributed by atoms with Gasteiger partial charge in [-0.25, -0.2) is 0 Å². The Balaban J connectivity index is 2.37. The number of carbonyl (C=O) groups is 3. The van der Waals surface area contributed by atoms with Crippen molar-refractivity contribution in [1.82, 2.24) is 0 Å². The lowest BCUT2D eigenvalue weighted by Crippen LogP contribution is -2.27. The third kappa shape index (κ3) is 12.1. The predicted octanol–water partition coefficient (Wildman–Crippen LogP) is 1.83. The zero-order valence-corrected chi connectivity index (χ0v) is 20.4. The third-order valence-corrected chi connectivity index (χ3v) is 6.09. The van der Waals surface area contributed by atoms with Gasteiger partial charge in [-0.1, -0.05) is 38.3 Å². The number of aliphatic hydroxyl groups is 4. The number of rotatable bonds is 17. The van der Waals surface area contributed by atoms with Crippen LogP contribution in [0.15, 0.2) is 12.2 Å². The SMILES string of the molecule is CCCCC[C@H](O)/C=C/[C@@H]1[C@@H](CC(=O)CCCCC(=O)OC[C@H](CO)OC(C)=O)[C@@H](O)C[C@H]1O. The van der Waals surface area contributed by atoms with Crippen LogP contribution in [-0.4, -0.2) is 75.8 Å². The van der Waals surface area contributed by atoms with Crippen LogP contribution in [0.3, 0.4) is 0 Å². The van der Waals surface area contributed by atoms with Gasteiger partial charge >= 0.3 is 11.9 Å². The Hall–Kier alpha value is -1.81. The highest BCUT2D eigenvalue weighted by Crippen LogP contribution is 2.36. The molecule has 4 N–H and O–H groups in total. The molecule has 1 fully saturated rings. The summed E-state index contributed by atoms with van der Waals surface area (Å²) in [6.45, 7) is 2.62. The average Bonchev–Trinajstić information content (AvgIpc) is 3.04. The molecule has 6 atom stereocenters. The molecule has 0 aromatic rings. The molecule has 0 spiro atoms. The lowest BCUT2D eigenvalue weighted by atomic mass is 9.87. The molecule has 0 aromatic carbocycles. The molecule has 9 heteroatoms. The van der Waals surface area contributed by atoms with Crippen LogP contribution in [0.5, 0.6) is 0 Å². The molecule has 34 heavy (non-hydrogen) atoms. The molecule has 9 nitrogen and oxygen atoms in total. The van der Waals surface area contributed by atoms with Crippen molar-refractivity contribution in [3.05, 3.63) is 12.2 Å². The molecule has 0 unspecified atom stereocenters. The number of aliphatic hydroxyl groups excluding tert-OH is 4. The van der Waals surface area contributed by atoms with Crippen LogP contribution in [0.25, 0.3) is 0 Å². The van der Waals surface area contributed by atoms with Crippen molar-refractivity contribution in [3.63, 3.8) is 0 Å². The van der Waals surface area contributed by atoms with E-state index in [1.807, 2.05) is 0 Å². The number of Topliss-reactive ketones (excluding diaryl/α,β-unsaturated/α-hetero) is 1. The molecule has 0 aromatic heterocycles. The van der Waals surface area contributed by atoms with Crippen molar-refractivity contribution < 1.29 is 44.3 Å². The summed E-state index contributed by atoms with van der Waals surface area (Å²) in [5.74, 6) is -1.91. The topological polar surface area (TPSA) is 151 Å². The molecule has 0 radical (unpaired) electrons. The first-order valence-corrected chi connectivity index (χ1v) is 12.4. The number of esters is 2. The van der Waals surface area contributed by atoms with E-state index in [9.17, 15) is 29.7 Å². The maximum atomic E-state index is 12.5. The van der Waals surface area contributed by atoms with Gasteiger partial charge in [0.25, 0.3) is 0 Å². The molecule has 0 saturated heterocycles. The van der Waals surface area contributed by atoms with Crippen LogP contribution in [0, 0.1) is 11.8 Å². The summed E-state index contributed by atoms with van der Waals surface area (Å²) < 4.78 is 9.76. The number of unbranched alkanes of at least 4 members (excludes halogenated alkanes) is 3. The lowest BCUT2D eigenvalue weighted by Gasteiger charge is -2.20. The number of hydrogen-bond acceptors (Lipinski definition) is 9. The third-order valence-electron chi connectivity index (χ3n) is 6.09. The first-order chi connectivity index (χ1) is 16.2. The lowest BCUT2D eigenvalue weighted by molar-refractivity contribution is -0.159. The van der Waals surface area contributed by atoms with E-state index < -0.39 is 48.9 Å². The van der Waals surface area contributed by atoms with Crippen LogP contribution in [-0.2, 0) is 23.9 Å². The predicted molar refractivity (Wildman–Crippen MR) is 125 cm³/mol. The molecule has 0 amide bonds. The van der Waals surface area contributed by atoms with E-state index in [2.05, 4.69) is 6.92 Å². The number of hydrogen-bond donors (Lipinski definition) is 4. The Morgan fingerprint density at radius 1 is 1.06 bits per heavy atom. The van der Waals surface area contributed by atoms with Crippen LogP contribution in [0.2, 0.25) is 0 Å². The maximum Gasteiger partial charge on any atom is 0.305 e. The van der Waals surface area contributed by atoms with Crippen molar-refractivity contribution in [2.24, 2.45) is 11.8 Å². The molecular formula is C25H42O9. The summed E-state index contributed by atoms with van der Waals surface area (Å²) >= 11 is 0. The Kier molecular flexibility index (Phi) is 14.9.